The molecule has 0 saturated carbocycles. The number of ether oxygens (including phenoxy) is 1. The molecule has 31 heavy (non-hydrogen) atoms. The lowest BCUT2D eigenvalue weighted by atomic mass is 10.1. The molecule has 4 aromatic rings. The number of carbonyl (C=O) groups excluding carboxylic acids is 2. The summed E-state index contributed by atoms with van der Waals surface area (Å²) in [6.07, 6.45) is 0. The number of hydrogen-bond donors (Lipinski definition) is 2. The monoisotopic (exact) mass is 432 g/mol. The van der Waals surface area contributed by atoms with E-state index in [4.69, 9.17) is 17.3 Å². The zero-order valence-corrected chi connectivity index (χ0v) is 17.2. The molecule has 0 spiro atoms. The number of nitrogens with zero attached hydrogens (tertiary/aromatic N) is 2. The van der Waals surface area contributed by atoms with E-state index in [1.807, 2.05) is 6.07 Å². The molecule has 0 atom stereocenters. The highest BCUT2D eigenvalue weighted by atomic mass is 35.5. The summed E-state index contributed by atoms with van der Waals surface area (Å²) in [4.78, 5) is 32.8. The van der Waals surface area contributed by atoms with Gasteiger partial charge in [0.05, 0.1) is 23.9 Å². The van der Waals surface area contributed by atoms with Crippen molar-refractivity contribution in [3.8, 4) is 11.3 Å². The third-order valence-electron chi connectivity index (χ3n) is 4.64. The van der Waals surface area contributed by atoms with Gasteiger partial charge in [0, 0.05) is 27.2 Å². The quantitative estimate of drug-likeness (QED) is 0.457. The van der Waals surface area contributed by atoms with Crippen LogP contribution in [0.25, 0.3) is 22.2 Å². The first-order valence-corrected chi connectivity index (χ1v) is 9.65. The minimum atomic E-state index is -0.462. The van der Waals surface area contributed by atoms with E-state index >= 15 is 0 Å². The molecule has 0 radical (unpaired) electrons. The number of anilines is 2. The van der Waals surface area contributed by atoms with Crippen molar-refractivity contribution in [1.82, 2.24) is 9.97 Å². The van der Waals surface area contributed by atoms with Gasteiger partial charge in [0.15, 0.2) is 0 Å². The highest BCUT2D eigenvalue weighted by Gasteiger charge is 2.12. The van der Waals surface area contributed by atoms with Gasteiger partial charge in [0.25, 0.3) is 5.91 Å². The lowest BCUT2D eigenvalue weighted by Gasteiger charge is -2.10. The molecule has 0 aliphatic carbocycles. The Kier molecular flexibility index (Phi) is 5.51. The fraction of sp³-hybridized carbons (Fsp3) is 0.0435. The van der Waals surface area contributed by atoms with Crippen LogP contribution in [0.1, 0.15) is 20.7 Å². The number of hydrogen-bond acceptors (Lipinski definition) is 6. The molecule has 7 nitrogen and oxygen atoms in total. The lowest BCUT2D eigenvalue weighted by Crippen LogP contribution is -2.12. The Morgan fingerprint density at radius 3 is 2.45 bits per heavy atom. The van der Waals surface area contributed by atoms with Gasteiger partial charge in [0.1, 0.15) is 0 Å². The third kappa shape index (κ3) is 4.31. The number of nitrogens with two attached hydrogens (primary N) is 1. The number of amides is 1. The zero-order valence-electron chi connectivity index (χ0n) is 16.4. The molecule has 1 heterocycles. The van der Waals surface area contributed by atoms with Crippen molar-refractivity contribution in [2.24, 2.45) is 0 Å². The predicted molar refractivity (Wildman–Crippen MR) is 120 cm³/mol. The smallest absolute Gasteiger partial charge is 0.337 e. The van der Waals surface area contributed by atoms with Crippen LogP contribution in [0.4, 0.5) is 11.6 Å². The van der Waals surface area contributed by atoms with Gasteiger partial charge in [0.2, 0.25) is 5.95 Å². The number of rotatable bonds is 4. The predicted octanol–water partition coefficient (Wildman–Crippen LogP) is 4.57. The molecule has 0 bridgehead atoms. The van der Waals surface area contributed by atoms with E-state index in [2.05, 4.69) is 20.0 Å². The zero-order chi connectivity index (χ0) is 22.0. The van der Waals surface area contributed by atoms with Gasteiger partial charge in [-0.15, -0.1) is 0 Å². The van der Waals surface area contributed by atoms with Crippen molar-refractivity contribution in [1.29, 1.82) is 0 Å². The highest BCUT2D eigenvalue weighted by Crippen LogP contribution is 2.30. The van der Waals surface area contributed by atoms with Crippen LogP contribution in [-0.2, 0) is 4.74 Å². The van der Waals surface area contributed by atoms with E-state index in [-0.39, 0.29) is 11.9 Å². The SMILES string of the molecule is COC(=O)c1ccc(C(=O)Nc2cccc(-c3nc(N)nc4ccc(Cl)cc34)c2)cc1. The van der Waals surface area contributed by atoms with Crippen molar-refractivity contribution in [3.05, 3.63) is 82.9 Å². The Labute approximate surface area is 182 Å². The van der Waals surface area contributed by atoms with Gasteiger partial charge in [-0.2, -0.15) is 0 Å². The van der Waals surface area contributed by atoms with Crippen molar-refractivity contribution >= 4 is 46.0 Å². The summed E-state index contributed by atoms with van der Waals surface area (Å²) >= 11 is 6.15. The summed E-state index contributed by atoms with van der Waals surface area (Å²) in [5, 5.41) is 4.16. The fourth-order valence-corrected chi connectivity index (χ4v) is 3.33. The Balaban J connectivity index is 1.64. The van der Waals surface area contributed by atoms with Gasteiger partial charge in [-0.25, -0.2) is 14.8 Å². The van der Waals surface area contributed by atoms with Gasteiger partial charge in [-0.3, -0.25) is 4.79 Å². The number of aromatic nitrogens is 2. The highest BCUT2D eigenvalue weighted by molar-refractivity contribution is 6.31. The Morgan fingerprint density at radius 2 is 1.71 bits per heavy atom. The molecule has 8 heteroatoms. The van der Waals surface area contributed by atoms with Crippen LogP contribution in [-0.4, -0.2) is 29.0 Å². The number of carbonyl (C=O) groups is 2. The van der Waals surface area contributed by atoms with Crippen molar-refractivity contribution in [2.45, 2.75) is 0 Å². The first kappa shape index (κ1) is 20.3. The van der Waals surface area contributed by atoms with Crippen molar-refractivity contribution in [3.63, 3.8) is 0 Å². The molecular weight excluding hydrogens is 416 g/mol. The second kappa shape index (κ2) is 8.41. The fourth-order valence-electron chi connectivity index (χ4n) is 3.16. The normalized spacial score (nSPS) is 10.6. The molecule has 0 unspecified atom stereocenters. The van der Waals surface area contributed by atoms with Crippen LogP contribution in [0.3, 0.4) is 0 Å². The summed E-state index contributed by atoms with van der Waals surface area (Å²) in [7, 11) is 1.30. The molecule has 154 valence electrons. The molecule has 4 rings (SSSR count). The Morgan fingerprint density at radius 1 is 0.968 bits per heavy atom. The molecule has 3 N–H and O–H groups in total. The molecule has 1 aromatic heterocycles. The number of methoxy groups -OCH3 is 1. The molecule has 0 aliphatic rings. The first-order chi connectivity index (χ1) is 14.9. The number of esters is 1. The van der Waals surface area contributed by atoms with Crippen LogP contribution in [0.5, 0.6) is 0 Å². The van der Waals surface area contributed by atoms with E-state index in [0.717, 1.165) is 10.9 Å². The summed E-state index contributed by atoms with van der Waals surface area (Å²) in [5.74, 6) is -0.635. The van der Waals surface area contributed by atoms with Gasteiger partial charge < -0.3 is 15.8 Å². The standard InChI is InChI=1S/C23H17ClN4O3/c1-31-22(30)14-7-5-13(6-8-14)21(29)26-17-4-2-3-15(11-17)20-18-12-16(24)9-10-19(18)27-23(25)28-20/h2-12H,1H3,(H,26,29)(H2,25,27,28). The van der Waals surface area contributed by atoms with Crippen molar-refractivity contribution in [2.75, 3.05) is 18.2 Å². The van der Waals surface area contributed by atoms with E-state index in [1.165, 1.54) is 19.2 Å². The summed E-state index contributed by atoms with van der Waals surface area (Å²) in [6, 6.07) is 18.7. The number of nitrogen functional groups attached to an aromatic ring is 1. The second-order valence-corrected chi connectivity index (χ2v) is 7.13. The van der Waals surface area contributed by atoms with Crippen LogP contribution in [0, 0.1) is 0 Å². The maximum atomic E-state index is 12.6. The molecule has 1 amide bonds. The molecule has 0 fully saturated rings. The topological polar surface area (TPSA) is 107 Å². The van der Waals surface area contributed by atoms with Crippen LogP contribution in [0.2, 0.25) is 5.02 Å². The van der Waals surface area contributed by atoms with Crippen LogP contribution >= 0.6 is 11.6 Å². The van der Waals surface area contributed by atoms with E-state index in [9.17, 15) is 9.59 Å². The van der Waals surface area contributed by atoms with E-state index in [1.54, 1.807) is 48.5 Å². The number of nitrogens with one attached hydrogen (secondary N) is 1. The Bertz CT molecular complexity index is 1310. The van der Waals surface area contributed by atoms with Crippen LogP contribution in [0.15, 0.2) is 66.7 Å². The van der Waals surface area contributed by atoms with Gasteiger partial charge >= 0.3 is 5.97 Å². The third-order valence-corrected chi connectivity index (χ3v) is 4.87. The maximum Gasteiger partial charge on any atom is 0.337 e. The molecule has 3 aromatic carbocycles. The minimum absolute atomic E-state index is 0.143. The average Bonchev–Trinajstić information content (AvgIpc) is 2.78. The van der Waals surface area contributed by atoms with Crippen molar-refractivity contribution < 1.29 is 14.3 Å². The summed E-state index contributed by atoms with van der Waals surface area (Å²) in [5.41, 5.74) is 9.27. The number of benzene rings is 3. The first-order valence-electron chi connectivity index (χ1n) is 9.27. The minimum Gasteiger partial charge on any atom is -0.465 e. The second-order valence-electron chi connectivity index (χ2n) is 6.70. The largest absolute Gasteiger partial charge is 0.465 e. The average molecular weight is 433 g/mol. The van der Waals surface area contributed by atoms with Crippen LogP contribution < -0.4 is 11.1 Å². The summed E-state index contributed by atoms with van der Waals surface area (Å²) in [6.45, 7) is 0. The molecule has 0 aliphatic heterocycles. The molecule has 0 saturated heterocycles. The lowest BCUT2D eigenvalue weighted by molar-refractivity contribution is 0.0600. The summed E-state index contributed by atoms with van der Waals surface area (Å²) < 4.78 is 4.67. The van der Waals surface area contributed by atoms with Gasteiger partial charge in [-0.05, 0) is 54.6 Å². The van der Waals surface area contributed by atoms with Gasteiger partial charge in [-0.1, -0.05) is 23.7 Å². The number of fused-ring (bicyclic) bond motifs is 1. The maximum absolute atomic E-state index is 12.6. The van der Waals surface area contributed by atoms with E-state index < -0.39 is 5.97 Å². The molecular formula is C23H17ClN4O3. The Hall–Kier alpha value is -3.97. The number of halogens is 1. The van der Waals surface area contributed by atoms with E-state index in [0.29, 0.717) is 33.0 Å².